The average molecular weight is 294 g/mol. The number of anilines is 1. The molecule has 1 amide bonds. The molecule has 2 rings (SSSR count). The van der Waals surface area contributed by atoms with Crippen LogP contribution >= 0.6 is 12.2 Å². The van der Waals surface area contributed by atoms with Crippen LogP contribution < -0.4 is 11.1 Å². The highest BCUT2D eigenvalue weighted by Gasteiger charge is 2.39. The van der Waals surface area contributed by atoms with Crippen molar-refractivity contribution in [3.8, 4) is 0 Å². The molecule has 20 heavy (non-hydrogen) atoms. The minimum Gasteiger partial charge on any atom is -0.389 e. The van der Waals surface area contributed by atoms with Crippen molar-refractivity contribution in [3.05, 3.63) is 29.6 Å². The van der Waals surface area contributed by atoms with Crippen LogP contribution in [-0.4, -0.2) is 10.9 Å². The van der Waals surface area contributed by atoms with Crippen LogP contribution in [0.25, 0.3) is 0 Å². The second-order valence-electron chi connectivity index (χ2n) is 5.95. The van der Waals surface area contributed by atoms with Crippen molar-refractivity contribution in [1.82, 2.24) is 0 Å². The molecule has 1 fully saturated rings. The molecular weight excluding hydrogens is 275 g/mol. The van der Waals surface area contributed by atoms with E-state index in [1.807, 2.05) is 0 Å². The van der Waals surface area contributed by atoms with Gasteiger partial charge in [0.05, 0.1) is 11.3 Å². The van der Waals surface area contributed by atoms with Crippen LogP contribution in [0.4, 0.5) is 10.1 Å². The SMILES string of the molecule is CC1(C)CCCC1C(=O)Nc1cccc(F)c1C(N)=S. The summed E-state index contributed by atoms with van der Waals surface area (Å²) in [7, 11) is 0. The molecule has 0 radical (unpaired) electrons. The predicted molar refractivity (Wildman–Crippen MR) is 82.0 cm³/mol. The fraction of sp³-hybridized carbons (Fsp3) is 0.467. The summed E-state index contributed by atoms with van der Waals surface area (Å²) in [5.74, 6) is -0.665. The number of amides is 1. The lowest BCUT2D eigenvalue weighted by Crippen LogP contribution is -2.31. The lowest BCUT2D eigenvalue weighted by atomic mass is 9.81. The van der Waals surface area contributed by atoms with E-state index < -0.39 is 5.82 Å². The van der Waals surface area contributed by atoms with Crippen molar-refractivity contribution in [2.45, 2.75) is 33.1 Å². The number of thiocarbonyl (C=S) groups is 1. The van der Waals surface area contributed by atoms with Crippen molar-refractivity contribution >= 4 is 28.8 Å². The summed E-state index contributed by atoms with van der Waals surface area (Å²) >= 11 is 4.86. The van der Waals surface area contributed by atoms with Crippen LogP contribution in [0.1, 0.15) is 38.7 Å². The maximum absolute atomic E-state index is 13.8. The van der Waals surface area contributed by atoms with Gasteiger partial charge in [-0.25, -0.2) is 4.39 Å². The van der Waals surface area contributed by atoms with Gasteiger partial charge >= 0.3 is 0 Å². The number of hydrogen-bond donors (Lipinski definition) is 2. The van der Waals surface area contributed by atoms with Crippen LogP contribution in [0, 0.1) is 17.2 Å². The van der Waals surface area contributed by atoms with E-state index >= 15 is 0 Å². The lowest BCUT2D eigenvalue weighted by molar-refractivity contribution is -0.122. The number of carbonyl (C=O) groups excluding carboxylic acids is 1. The Balaban J connectivity index is 2.25. The number of rotatable bonds is 3. The molecule has 3 N–H and O–H groups in total. The van der Waals surface area contributed by atoms with E-state index in [2.05, 4.69) is 19.2 Å². The monoisotopic (exact) mass is 294 g/mol. The van der Waals surface area contributed by atoms with E-state index in [1.54, 1.807) is 6.07 Å². The van der Waals surface area contributed by atoms with Crippen LogP contribution in [-0.2, 0) is 4.79 Å². The largest absolute Gasteiger partial charge is 0.389 e. The third-order valence-corrected chi connectivity index (χ3v) is 4.30. The van der Waals surface area contributed by atoms with Crippen molar-refractivity contribution in [1.29, 1.82) is 0 Å². The second-order valence-corrected chi connectivity index (χ2v) is 6.39. The number of hydrogen-bond acceptors (Lipinski definition) is 2. The molecule has 1 aliphatic carbocycles. The maximum atomic E-state index is 13.8. The molecule has 0 bridgehead atoms. The summed E-state index contributed by atoms with van der Waals surface area (Å²) in [5, 5.41) is 2.78. The Hall–Kier alpha value is -1.49. The van der Waals surface area contributed by atoms with E-state index in [4.69, 9.17) is 18.0 Å². The van der Waals surface area contributed by atoms with Gasteiger partial charge in [-0.2, -0.15) is 0 Å². The topological polar surface area (TPSA) is 55.1 Å². The Bertz CT molecular complexity index is 557. The Morgan fingerprint density at radius 1 is 1.50 bits per heavy atom. The molecule has 0 aliphatic heterocycles. The molecule has 0 heterocycles. The standard InChI is InChI=1S/C15H19FN2OS/c1-15(2)8-4-5-9(15)14(19)18-11-7-3-6-10(16)12(11)13(17)20/h3,6-7,9H,4-5,8H2,1-2H3,(H2,17,20)(H,18,19). The Labute approximate surface area is 123 Å². The van der Waals surface area contributed by atoms with E-state index in [1.165, 1.54) is 12.1 Å². The molecule has 1 saturated carbocycles. The molecule has 0 saturated heterocycles. The number of nitrogens with one attached hydrogen (secondary N) is 1. The molecule has 108 valence electrons. The van der Waals surface area contributed by atoms with E-state index in [0.29, 0.717) is 5.69 Å². The van der Waals surface area contributed by atoms with Crippen LogP contribution in [0.3, 0.4) is 0 Å². The van der Waals surface area contributed by atoms with Gasteiger partial charge in [-0.15, -0.1) is 0 Å². The van der Waals surface area contributed by atoms with Gasteiger partial charge in [-0.05, 0) is 30.4 Å². The first-order valence-electron chi connectivity index (χ1n) is 6.72. The highest BCUT2D eigenvalue weighted by atomic mass is 32.1. The predicted octanol–water partition coefficient (Wildman–Crippen LogP) is 3.22. The fourth-order valence-electron chi connectivity index (χ4n) is 2.91. The normalized spacial score (nSPS) is 20.6. The number of benzene rings is 1. The van der Waals surface area contributed by atoms with Gasteiger partial charge in [0, 0.05) is 5.92 Å². The van der Waals surface area contributed by atoms with Crippen LogP contribution in [0.15, 0.2) is 18.2 Å². The summed E-state index contributed by atoms with van der Waals surface area (Å²) in [6, 6.07) is 4.44. The molecule has 5 heteroatoms. The molecular formula is C15H19FN2OS. The Morgan fingerprint density at radius 2 is 2.20 bits per heavy atom. The quantitative estimate of drug-likeness (QED) is 0.842. The van der Waals surface area contributed by atoms with Crippen LogP contribution in [0.2, 0.25) is 0 Å². The van der Waals surface area contributed by atoms with Crippen molar-refractivity contribution < 1.29 is 9.18 Å². The molecule has 1 aromatic carbocycles. The zero-order valence-electron chi connectivity index (χ0n) is 11.7. The van der Waals surface area contributed by atoms with E-state index in [0.717, 1.165) is 19.3 Å². The number of carbonyl (C=O) groups is 1. The third kappa shape index (κ3) is 2.82. The Kier molecular flexibility index (Phi) is 4.09. The summed E-state index contributed by atoms with van der Waals surface area (Å²) in [5.41, 5.74) is 5.97. The first-order chi connectivity index (χ1) is 9.33. The highest BCUT2D eigenvalue weighted by Crippen LogP contribution is 2.43. The van der Waals surface area contributed by atoms with Crippen molar-refractivity contribution in [3.63, 3.8) is 0 Å². The van der Waals surface area contributed by atoms with Gasteiger partial charge in [-0.1, -0.05) is 38.6 Å². The van der Waals surface area contributed by atoms with E-state index in [-0.39, 0.29) is 27.8 Å². The Morgan fingerprint density at radius 3 is 2.75 bits per heavy atom. The smallest absolute Gasteiger partial charge is 0.228 e. The minimum atomic E-state index is -0.513. The van der Waals surface area contributed by atoms with Gasteiger partial charge in [0.2, 0.25) is 5.91 Å². The molecule has 1 atom stereocenters. The lowest BCUT2D eigenvalue weighted by Gasteiger charge is -2.26. The first kappa shape index (κ1) is 14.9. The minimum absolute atomic E-state index is 0.0270. The first-order valence-corrected chi connectivity index (χ1v) is 7.13. The third-order valence-electron chi connectivity index (χ3n) is 4.09. The average Bonchev–Trinajstić information content (AvgIpc) is 2.68. The zero-order chi connectivity index (χ0) is 14.9. The summed E-state index contributed by atoms with van der Waals surface area (Å²) in [4.78, 5) is 12.3. The molecule has 0 aromatic heterocycles. The molecule has 3 nitrogen and oxygen atoms in total. The van der Waals surface area contributed by atoms with Gasteiger partial charge < -0.3 is 11.1 Å². The van der Waals surface area contributed by atoms with Gasteiger partial charge in [0.15, 0.2) is 0 Å². The van der Waals surface area contributed by atoms with Gasteiger partial charge in [-0.3, -0.25) is 4.79 Å². The molecule has 1 aliphatic rings. The van der Waals surface area contributed by atoms with Crippen LogP contribution in [0.5, 0.6) is 0 Å². The molecule has 0 spiro atoms. The zero-order valence-corrected chi connectivity index (χ0v) is 12.5. The van der Waals surface area contributed by atoms with Gasteiger partial charge in [0.1, 0.15) is 10.8 Å². The second kappa shape index (κ2) is 5.48. The highest BCUT2D eigenvalue weighted by molar-refractivity contribution is 7.80. The maximum Gasteiger partial charge on any atom is 0.228 e. The van der Waals surface area contributed by atoms with Crippen molar-refractivity contribution in [2.24, 2.45) is 17.1 Å². The summed E-state index contributed by atoms with van der Waals surface area (Å²) in [6.45, 7) is 4.18. The van der Waals surface area contributed by atoms with Crippen molar-refractivity contribution in [2.75, 3.05) is 5.32 Å². The number of nitrogens with two attached hydrogens (primary N) is 1. The summed E-state index contributed by atoms with van der Waals surface area (Å²) < 4.78 is 13.8. The van der Waals surface area contributed by atoms with E-state index in [9.17, 15) is 9.18 Å². The molecule has 1 unspecified atom stereocenters. The fourth-order valence-corrected chi connectivity index (χ4v) is 3.12. The molecule has 1 aromatic rings. The number of halogens is 1. The van der Waals surface area contributed by atoms with Gasteiger partial charge in [0.25, 0.3) is 0 Å². The summed E-state index contributed by atoms with van der Waals surface area (Å²) in [6.07, 6.45) is 2.92.